The number of hydrogen-bond donors (Lipinski definition) is 1. The first-order chi connectivity index (χ1) is 11.6. The average Bonchev–Trinajstić information content (AvgIpc) is 2.94. The van der Waals surface area contributed by atoms with Crippen LogP contribution in [0.15, 0.2) is 34.7 Å². The van der Waals surface area contributed by atoms with Crippen molar-refractivity contribution in [3.63, 3.8) is 0 Å². The van der Waals surface area contributed by atoms with Crippen LogP contribution in [0, 0.1) is 3.95 Å². The summed E-state index contributed by atoms with van der Waals surface area (Å²) in [7, 11) is 0. The highest BCUT2D eigenvalue weighted by Gasteiger charge is 2.09. The molecule has 1 aromatic heterocycles. The van der Waals surface area contributed by atoms with Gasteiger partial charge in [0.25, 0.3) is 0 Å². The summed E-state index contributed by atoms with van der Waals surface area (Å²) in [6, 6.07) is 9.75. The van der Waals surface area contributed by atoms with Gasteiger partial charge in [-0.05, 0) is 44.6 Å². The van der Waals surface area contributed by atoms with Gasteiger partial charge in [-0.25, -0.2) is 4.68 Å². The minimum Gasteiger partial charge on any atom is -0.379 e. The summed E-state index contributed by atoms with van der Waals surface area (Å²) in [5.41, 5.74) is 0.931. The quantitative estimate of drug-likeness (QED) is 0.407. The molecule has 0 aliphatic carbocycles. The minimum atomic E-state index is -0.00285. The molecule has 5 nitrogen and oxygen atoms in total. The van der Waals surface area contributed by atoms with E-state index in [-0.39, 0.29) is 12.0 Å². The molecule has 0 radical (unpaired) electrons. The van der Waals surface area contributed by atoms with Gasteiger partial charge < -0.3 is 10.1 Å². The van der Waals surface area contributed by atoms with Crippen molar-refractivity contribution in [2.24, 2.45) is 0 Å². The van der Waals surface area contributed by atoms with Crippen LogP contribution in [0.5, 0.6) is 0 Å². The van der Waals surface area contributed by atoms with Crippen LogP contribution in [0.3, 0.4) is 0 Å². The second-order valence-corrected chi connectivity index (χ2v) is 8.14. The summed E-state index contributed by atoms with van der Waals surface area (Å²) >= 11 is 8.17. The summed E-state index contributed by atoms with van der Waals surface area (Å²) < 4.78 is 8.63. The van der Waals surface area contributed by atoms with Crippen molar-refractivity contribution in [2.45, 2.75) is 30.7 Å². The van der Waals surface area contributed by atoms with E-state index in [0.717, 1.165) is 16.4 Å². The van der Waals surface area contributed by atoms with Crippen LogP contribution in [0.4, 0.5) is 0 Å². The number of amides is 1. The minimum absolute atomic E-state index is 0.00285. The van der Waals surface area contributed by atoms with Gasteiger partial charge in [-0.1, -0.05) is 41.3 Å². The van der Waals surface area contributed by atoms with Gasteiger partial charge in [0, 0.05) is 13.2 Å². The Hall–Kier alpha value is -1.22. The molecule has 0 fully saturated rings. The molecule has 24 heavy (non-hydrogen) atoms. The fourth-order valence-corrected chi connectivity index (χ4v) is 4.04. The van der Waals surface area contributed by atoms with E-state index in [9.17, 15) is 4.79 Å². The highest BCUT2D eigenvalue weighted by Crippen LogP contribution is 2.23. The standard InChI is InChI=1S/C16H21N3O2S3/c1-12(2)21-10-6-9-17-14(20)11-23-15-18-19(16(22)24-15)13-7-4-3-5-8-13/h3-5,7-8,12H,6,9-11H2,1-2H3,(H,17,20). The Balaban J connectivity index is 1.76. The summed E-state index contributed by atoms with van der Waals surface area (Å²) in [6.45, 7) is 5.28. The number of para-hydroxylation sites is 1. The summed E-state index contributed by atoms with van der Waals surface area (Å²) in [5.74, 6) is 0.333. The number of rotatable bonds is 9. The van der Waals surface area contributed by atoms with Crippen LogP contribution in [-0.4, -0.2) is 40.7 Å². The van der Waals surface area contributed by atoms with Gasteiger partial charge in [-0.15, -0.1) is 5.10 Å². The number of ether oxygens (including phenoxy) is 1. The van der Waals surface area contributed by atoms with E-state index < -0.39 is 0 Å². The second-order valence-electron chi connectivity index (χ2n) is 5.29. The molecule has 130 valence electrons. The predicted molar refractivity (Wildman–Crippen MR) is 102 cm³/mol. The number of carbonyl (C=O) groups is 1. The van der Waals surface area contributed by atoms with E-state index in [2.05, 4.69) is 10.4 Å². The number of aromatic nitrogens is 2. The largest absolute Gasteiger partial charge is 0.379 e. The lowest BCUT2D eigenvalue weighted by Gasteiger charge is -2.07. The van der Waals surface area contributed by atoms with Gasteiger partial charge in [0.15, 0.2) is 8.29 Å². The van der Waals surface area contributed by atoms with Gasteiger partial charge in [-0.3, -0.25) is 4.79 Å². The number of benzene rings is 1. The van der Waals surface area contributed by atoms with E-state index in [0.29, 0.717) is 22.9 Å². The molecule has 0 unspecified atom stereocenters. The lowest BCUT2D eigenvalue weighted by molar-refractivity contribution is -0.118. The molecular weight excluding hydrogens is 362 g/mol. The van der Waals surface area contributed by atoms with Crippen molar-refractivity contribution in [3.8, 4) is 5.69 Å². The molecule has 2 rings (SSSR count). The zero-order valence-electron chi connectivity index (χ0n) is 13.7. The van der Waals surface area contributed by atoms with Crippen LogP contribution in [0.1, 0.15) is 20.3 Å². The summed E-state index contributed by atoms with van der Waals surface area (Å²) in [6.07, 6.45) is 1.04. The maximum absolute atomic E-state index is 11.8. The molecule has 1 amide bonds. The zero-order chi connectivity index (χ0) is 17.4. The normalized spacial score (nSPS) is 11.0. The lowest BCUT2D eigenvalue weighted by Crippen LogP contribution is -2.27. The number of thioether (sulfide) groups is 1. The van der Waals surface area contributed by atoms with E-state index in [1.165, 1.54) is 23.1 Å². The lowest BCUT2D eigenvalue weighted by atomic mass is 10.3. The Morgan fingerprint density at radius 2 is 2.17 bits per heavy atom. The monoisotopic (exact) mass is 383 g/mol. The Labute approximate surface area is 155 Å². The molecule has 0 aliphatic rings. The van der Waals surface area contributed by atoms with Crippen LogP contribution in [0.25, 0.3) is 5.69 Å². The van der Waals surface area contributed by atoms with Gasteiger partial charge in [0.05, 0.1) is 17.5 Å². The van der Waals surface area contributed by atoms with E-state index in [1.807, 2.05) is 44.2 Å². The Kier molecular flexibility index (Phi) is 7.90. The van der Waals surface area contributed by atoms with Crippen LogP contribution in [0.2, 0.25) is 0 Å². The van der Waals surface area contributed by atoms with Crippen LogP contribution in [-0.2, 0) is 9.53 Å². The first-order valence-corrected chi connectivity index (χ1v) is 9.94. The number of nitrogens with zero attached hydrogens (tertiary/aromatic N) is 2. The third-order valence-corrected chi connectivity index (χ3v) is 5.32. The number of carbonyl (C=O) groups excluding carboxylic acids is 1. The van der Waals surface area contributed by atoms with E-state index >= 15 is 0 Å². The first-order valence-electron chi connectivity index (χ1n) is 7.73. The molecule has 0 bridgehead atoms. The third-order valence-electron chi connectivity index (χ3n) is 2.95. The fraction of sp³-hybridized carbons (Fsp3) is 0.438. The van der Waals surface area contributed by atoms with E-state index in [1.54, 1.807) is 4.68 Å². The molecule has 0 spiro atoms. The number of nitrogens with one attached hydrogen (secondary N) is 1. The highest BCUT2D eigenvalue weighted by molar-refractivity contribution is 8.01. The van der Waals surface area contributed by atoms with Crippen molar-refractivity contribution in [3.05, 3.63) is 34.3 Å². The second kappa shape index (κ2) is 9.93. The van der Waals surface area contributed by atoms with Crippen LogP contribution < -0.4 is 5.32 Å². The molecule has 2 aromatic rings. The fourth-order valence-electron chi connectivity index (χ4n) is 1.85. The zero-order valence-corrected chi connectivity index (χ0v) is 16.2. The Bertz CT molecular complexity index is 698. The molecule has 0 saturated carbocycles. The van der Waals surface area contributed by atoms with Gasteiger partial charge in [0.2, 0.25) is 5.91 Å². The maximum atomic E-state index is 11.8. The average molecular weight is 384 g/mol. The first kappa shape index (κ1) is 19.1. The van der Waals surface area contributed by atoms with Gasteiger partial charge in [0.1, 0.15) is 0 Å². The smallest absolute Gasteiger partial charge is 0.230 e. The molecule has 0 atom stereocenters. The topological polar surface area (TPSA) is 56.1 Å². The number of hydrogen-bond acceptors (Lipinski definition) is 6. The van der Waals surface area contributed by atoms with Gasteiger partial charge in [-0.2, -0.15) is 0 Å². The SMILES string of the molecule is CC(C)OCCCNC(=O)CSc1nn(-c2ccccc2)c(=S)s1. The Morgan fingerprint density at radius 1 is 1.42 bits per heavy atom. The van der Waals surface area contributed by atoms with Crippen molar-refractivity contribution in [1.82, 2.24) is 15.1 Å². The van der Waals surface area contributed by atoms with E-state index in [4.69, 9.17) is 17.0 Å². The Morgan fingerprint density at radius 3 is 2.88 bits per heavy atom. The highest BCUT2D eigenvalue weighted by atomic mass is 32.2. The summed E-state index contributed by atoms with van der Waals surface area (Å²) in [5, 5.41) is 7.36. The van der Waals surface area contributed by atoms with Crippen molar-refractivity contribution in [1.29, 1.82) is 0 Å². The van der Waals surface area contributed by atoms with Crippen molar-refractivity contribution in [2.75, 3.05) is 18.9 Å². The summed E-state index contributed by atoms with van der Waals surface area (Å²) in [4.78, 5) is 11.8. The van der Waals surface area contributed by atoms with Crippen molar-refractivity contribution >= 4 is 41.2 Å². The molecule has 0 saturated heterocycles. The molecule has 1 N–H and O–H groups in total. The third kappa shape index (κ3) is 6.35. The molecule has 8 heteroatoms. The molecule has 0 aliphatic heterocycles. The van der Waals surface area contributed by atoms with Crippen LogP contribution >= 0.6 is 35.3 Å². The van der Waals surface area contributed by atoms with Crippen molar-refractivity contribution < 1.29 is 9.53 Å². The molecule has 1 aromatic carbocycles. The molecule has 1 heterocycles. The van der Waals surface area contributed by atoms with Gasteiger partial charge >= 0.3 is 0 Å². The molecular formula is C16H21N3O2S3. The predicted octanol–water partition coefficient (Wildman–Crippen LogP) is 3.69. The maximum Gasteiger partial charge on any atom is 0.230 e.